The zero-order valence-electron chi connectivity index (χ0n) is 13.4. The molecule has 7 heteroatoms. The van der Waals surface area contributed by atoms with E-state index < -0.39 is 0 Å². The van der Waals surface area contributed by atoms with E-state index in [4.69, 9.17) is 0 Å². The number of thiazole rings is 1. The molecule has 0 radical (unpaired) electrons. The van der Waals surface area contributed by atoms with Gasteiger partial charge in [-0.3, -0.25) is 14.7 Å². The molecular weight excluding hydrogens is 327 g/mol. The lowest BCUT2D eigenvalue weighted by atomic mass is 9.79. The molecule has 24 heavy (non-hydrogen) atoms. The van der Waals surface area contributed by atoms with Gasteiger partial charge in [0.1, 0.15) is 15.7 Å². The van der Waals surface area contributed by atoms with Crippen molar-refractivity contribution < 1.29 is 9.18 Å². The minimum Gasteiger partial charge on any atom is -0.347 e. The first-order valence-electron chi connectivity index (χ1n) is 8.24. The molecule has 5 rings (SSSR count). The van der Waals surface area contributed by atoms with Gasteiger partial charge in [-0.1, -0.05) is 0 Å². The fourth-order valence-corrected chi connectivity index (χ4v) is 4.56. The van der Waals surface area contributed by atoms with Gasteiger partial charge < -0.3 is 5.32 Å². The summed E-state index contributed by atoms with van der Waals surface area (Å²) in [5.74, 6) is 0.108. The van der Waals surface area contributed by atoms with Crippen LogP contribution in [0.1, 0.15) is 29.4 Å². The van der Waals surface area contributed by atoms with Crippen LogP contribution >= 0.6 is 11.3 Å². The number of nitrogens with zero attached hydrogens (tertiary/aromatic N) is 3. The van der Waals surface area contributed by atoms with E-state index in [0.29, 0.717) is 27.5 Å². The lowest BCUT2D eigenvalue weighted by molar-refractivity contribution is 0.0218. The fourth-order valence-electron chi connectivity index (χ4n) is 3.77. The second kappa shape index (κ2) is 6.22. The van der Waals surface area contributed by atoms with E-state index in [1.54, 1.807) is 12.3 Å². The van der Waals surface area contributed by atoms with Crippen LogP contribution in [0.2, 0.25) is 0 Å². The molecule has 0 saturated carbocycles. The Hall–Kier alpha value is -1.86. The summed E-state index contributed by atoms with van der Waals surface area (Å²) in [6, 6.07) is 3.51. The van der Waals surface area contributed by atoms with E-state index in [2.05, 4.69) is 27.1 Å². The van der Waals surface area contributed by atoms with E-state index in [1.165, 1.54) is 17.4 Å². The summed E-state index contributed by atoms with van der Waals surface area (Å²) in [5, 5.41) is 3.83. The van der Waals surface area contributed by atoms with E-state index in [0.717, 1.165) is 32.1 Å². The standard InChI is InChI=1S/C17H19FN4OS/c1-10-15(11-4-6-22(10)7-5-11)21-16(23)14-9-20-17(24-14)13-3-2-12(18)8-19-13/h2-3,8-11,15H,4-7H2,1H3,(H,21,23). The van der Waals surface area contributed by atoms with Crippen LogP contribution < -0.4 is 5.32 Å². The normalized spacial score (nSPS) is 28.8. The maximum Gasteiger partial charge on any atom is 0.263 e. The summed E-state index contributed by atoms with van der Waals surface area (Å²) in [4.78, 5) is 23.9. The van der Waals surface area contributed by atoms with Gasteiger partial charge in [-0.05, 0) is 50.9 Å². The van der Waals surface area contributed by atoms with Crippen molar-refractivity contribution in [2.75, 3.05) is 13.1 Å². The van der Waals surface area contributed by atoms with Crippen LogP contribution in [-0.4, -0.2) is 45.9 Å². The van der Waals surface area contributed by atoms with Gasteiger partial charge in [0.15, 0.2) is 0 Å². The van der Waals surface area contributed by atoms with Gasteiger partial charge in [0.25, 0.3) is 5.91 Å². The molecular formula is C17H19FN4OS. The summed E-state index contributed by atoms with van der Waals surface area (Å²) in [6.45, 7) is 4.47. The van der Waals surface area contributed by atoms with Gasteiger partial charge in [-0.25, -0.2) is 9.37 Å². The number of halogens is 1. The Bertz CT molecular complexity index is 737. The molecule has 5 heterocycles. The number of pyridine rings is 1. The van der Waals surface area contributed by atoms with Crippen LogP contribution in [0.5, 0.6) is 0 Å². The maximum atomic E-state index is 13.0. The van der Waals surface area contributed by atoms with Crippen molar-refractivity contribution >= 4 is 17.2 Å². The molecule has 2 atom stereocenters. The predicted octanol–water partition coefficient (Wildman–Crippen LogP) is 2.56. The van der Waals surface area contributed by atoms with Gasteiger partial charge in [0.05, 0.1) is 18.1 Å². The molecule has 5 nitrogen and oxygen atoms in total. The largest absolute Gasteiger partial charge is 0.347 e. The molecule has 0 aliphatic carbocycles. The number of carbonyl (C=O) groups is 1. The van der Waals surface area contributed by atoms with Crippen LogP contribution in [0.25, 0.3) is 10.7 Å². The van der Waals surface area contributed by atoms with Crippen molar-refractivity contribution in [3.8, 4) is 10.7 Å². The quantitative estimate of drug-likeness (QED) is 0.928. The first-order chi connectivity index (χ1) is 11.6. The molecule has 0 spiro atoms. The number of fused-ring (bicyclic) bond motifs is 3. The smallest absolute Gasteiger partial charge is 0.263 e. The van der Waals surface area contributed by atoms with Crippen molar-refractivity contribution in [3.63, 3.8) is 0 Å². The van der Waals surface area contributed by atoms with Crippen LogP contribution in [0.3, 0.4) is 0 Å². The number of amides is 1. The van der Waals surface area contributed by atoms with Gasteiger partial charge in [0, 0.05) is 12.1 Å². The van der Waals surface area contributed by atoms with Crippen molar-refractivity contribution in [2.24, 2.45) is 5.92 Å². The zero-order chi connectivity index (χ0) is 16.7. The fraction of sp³-hybridized carbons (Fsp3) is 0.471. The minimum atomic E-state index is -0.385. The summed E-state index contributed by atoms with van der Waals surface area (Å²) >= 11 is 1.29. The molecule has 3 saturated heterocycles. The summed E-state index contributed by atoms with van der Waals surface area (Å²) < 4.78 is 13.0. The lowest BCUT2D eigenvalue weighted by Gasteiger charge is -2.49. The van der Waals surface area contributed by atoms with E-state index in [9.17, 15) is 9.18 Å². The third kappa shape index (κ3) is 2.82. The van der Waals surface area contributed by atoms with Gasteiger partial charge >= 0.3 is 0 Å². The molecule has 2 bridgehead atoms. The van der Waals surface area contributed by atoms with Crippen molar-refractivity contribution in [1.82, 2.24) is 20.2 Å². The Morgan fingerprint density at radius 1 is 1.29 bits per heavy atom. The highest BCUT2D eigenvalue weighted by Gasteiger charge is 2.40. The summed E-state index contributed by atoms with van der Waals surface area (Å²) in [5.41, 5.74) is 0.580. The number of hydrogen-bond acceptors (Lipinski definition) is 5. The SMILES string of the molecule is CC1C(NC(=O)c2cnc(-c3ccc(F)cn3)s2)C2CCN1CC2. The van der Waals surface area contributed by atoms with Crippen molar-refractivity contribution in [1.29, 1.82) is 0 Å². The van der Waals surface area contributed by atoms with Gasteiger partial charge in [-0.2, -0.15) is 0 Å². The number of nitrogens with one attached hydrogen (secondary N) is 1. The second-order valence-electron chi connectivity index (χ2n) is 6.50. The number of aromatic nitrogens is 2. The van der Waals surface area contributed by atoms with Gasteiger partial charge in [-0.15, -0.1) is 11.3 Å². The molecule has 3 fully saturated rings. The number of carbonyl (C=O) groups excluding carboxylic acids is 1. The van der Waals surface area contributed by atoms with Gasteiger partial charge in [0.2, 0.25) is 0 Å². The van der Waals surface area contributed by atoms with Crippen LogP contribution in [0, 0.1) is 11.7 Å². The Kier molecular flexibility index (Phi) is 4.05. The van der Waals surface area contributed by atoms with Crippen molar-refractivity contribution in [3.05, 3.63) is 35.2 Å². The molecule has 2 aromatic rings. The Balaban J connectivity index is 1.48. The van der Waals surface area contributed by atoms with E-state index in [1.807, 2.05) is 0 Å². The average Bonchev–Trinajstić information content (AvgIpc) is 3.09. The molecule has 1 amide bonds. The third-order valence-corrected chi connectivity index (χ3v) is 6.17. The highest BCUT2D eigenvalue weighted by atomic mass is 32.1. The van der Waals surface area contributed by atoms with Crippen LogP contribution in [0.15, 0.2) is 24.5 Å². The Morgan fingerprint density at radius 3 is 2.75 bits per heavy atom. The van der Waals surface area contributed by atoms with Crippen LogP contribution in [0.4, 0.5) is 4.39 Å². The highest BCUT2D eigenvalue weighted by Crippen LogP contribution is 2.32. The number of rotatable bonds is 3. The average molecular weight is 346 g/mol. The predicted molar refractivity (Wildman–Crippen MR) is 90.3 cm³/mol. The summed E-state index contributed by atoms with van der Waals surface area (Å²) in [7, 11) is 0. The molecule has 3 aliphatic rings. The zero-order valence-corrected chi connectivity index (χ0v) is 14.2. The maximum absolute atomic E-state index is 13.0. The molecule has 2 unspecified atom stereocenters. The highest BCUT2D eigenvalue weighted by molar-refractivity contribution is 7.16. The number of hydrogen-bond donors (Lipinski definition) is 1. The third-order valence-electron chi connectivity index (χ3n) is 5.15. The Morgan fingerprint density at radius 2 is 2.08 bits per heavy atom. The van der Waals surface area contributed by atoms with Crippen LogP contribution in [-0.2, 0) is 0 Å². The molecule has 3 aliphatic heterocycles. The lowest BCUT2D eigenvalue weighted by Crippen LogP contribution is -2.62. The second-order valence-corrected chi connectivity index (χ2v) is 7.54. The topological polar surface area (TPSA) is 58.1 Å². The molecule has 2 aromatic heterocycles. The molecule has 1 N–H and O–H groups in total. The monoisotopic (exact) mass is 346 g/mol. The molecule has 0 aromatic carbocycles. The minimum absolute atomic E-state index is 0.0774. The van der Waals surface area contributed by atoms with E-state index >= 15 is 0 Å². The first kappa shape index (κ1) is 15.7. The molecule has 126 valence electrons. The number of piperidine rings is 3. The van der Waals surface area contributed by atoms with Crippen molar-refractivity contribution in [2.45, 2.75) is 31.8 Å². The first-order valence-corrected chi connectivity index (χ1v) is 9.06. The summed E-state index contributed by atoms with van der Waals surface area (Å²) in [6.07, 6.45) is 5.04. The Labute approximate surface area is 143 Å². The van der Waals surface area contributed by atoms with E-state index in [-0.39, 0.29) is 17.8 Å².